The van der Waals surface area contributed by atoms with Crippen molar-refractivity contribution in [2.24, 2.45) is 11.1 Å². The Kier molecular flexibility index (Phi) is 9.28. The number of nitrogens with zero attached hydrogens (tertiary/aromatic N) is 3. The van der Waals surface area contributed by atoms with Crippen molar-refractivity contribution in [3.63, 3.8) is 0 Å². The monoisotopic (exact) mass is 483 g/mol. The third-order valence-corrected chi connectivity index (χ3v) is 6.13. The first-order valence-corrected chi connectivity index (χ1v) is 12.3. The highest BCUT2D eigenvalue weighted by molar-refractivity contribution is 6.01. The molecule has 1 fully saturated rings. The molecule has 1 aromatic heterocycles. The largest absolute Gasteiger partial charge is 0.391 e. The summed E-state index contributed by atoms with van der Waals surface area (Å²) in [6.07, 6.45) is 4.41. The van der Waals surface area contributed by atoms with Crippen LogP contribution in [0, 0.1) is 18.7 Å². The minimum Gasteiger partial charge on any atom is -0.391 e. The summed E-state index contributed by atoms with van der Waals surface area (Å²) in [5.74, 6) is 0.204. The number of aryl methyl sites for hydroxylation is 1. The molecular formula is C26H34FN5O3. The molecule has 0 bridgehead atoms. The van der Waals surface area contributed by atoms with E-state index in [9.17, 15) is 14.0 Å². The van der Waals surface area contributed by atoms with Gasteiger partial charge in [0.15, 0.2) is 0 Å². The highest BCUT2D eigenvalue weighted by atomic mass is 19.1. The maximum absolute atomic E-state index is 13.1. The van der Waals surface area contributed by atoms with Gasteiger partial charge in [0.25, 0.3) is 5.91 Å². The Balaban J connectivity index is 0.00000167. The topological polar surface area (TPSA) is 106 Å². The minimum atomic E-state index is -0.335. The summed E-state index contributed by atoms with van der Waals surface area (Å²) < 4.78 is 13.1. The Morgan fingerprint density at radius 1 is 1.09 bits per heavy atom. The lowest BCUT2D eigenvalue weighted by Gasteiger charge is -2.31. The Bertz CT molecular complexity index is 1050. The Labute approximate surface area is 205 Å². The number of carbonyl (C=O) groups excluding carboxylic acids is 2. The minimum absolute atomic E-state index is 0.0119. The molecule has 2 heterocycles. The summed E-state index contributed by atoms with van der Waals surface area (Å²) >= 11 is 0. The number of hydrogen-bond donors (Lipinski definition) is 2. The molecule has 1 saturated carbocycles. The quantitative estimate of drug-likeness (QED) is 0.644. The molecule has 4 rings (SSSR count). The highest BCUT2D eigenvalue weighted by Gasteiger charge is 2.34. The van der Waals surface area contributed by atoms with E-state index >= 15 is 0 Å². The van der Waals surface area contributed by atoms with Gasteiger partial charge in [-0.1, -0.05) is 31.1 Å². The van der Waals surface area contributed by atoms with E-state index in [4.69, 9.17) is 4.84 Å². The van der Waals surface area contributed by atoms with Gasteiger partial charge in [0.05, 0.1) is 5.69 Å². The fourth-order valence-electron chi connectivity index (χ4n) is 4.43. The summed E-state index contributed by atoms with van der Waals surface area (Å²) in [5, 5.41) is 10.1. The molecule has 35 heavy (non-hydrogen) atoms. The van der Waals surface area contributed by atoms with Crippen molar-refractivity contribution in [3.8, 4) is 0 Å². The van der Waals surface area contributed by atoms with Crippen LogP contribution in [0.15, 0.2) is 35.5 Å². The van der Waals surface area contributed by atoms with Crippen LogP contribution in [0.2, 0.25) is 0 Å². The van der Waals surface area contributed by atoms with E-state index in [1.165, 1.54) is 12.1 Å². The smallest absolute Gasteiger partial charge is 0.270 e. The van der Waals surface area contributed by atoms with Gasteiger partial charge in [0, 0.05) is 25.9 Å². The Morgan fingerprint density at radius 2 is 1.77 bits per heavy atom. The normalized spacial score (nSPS) is 21.2. The number of aromatic nitrogens is 2. The molecule has 0 saturated heterocycles. The van der Waals surface area contributed by atoms with E-state index < -0.39 is 0 Å². The van der Waals surface area contributed by atoms with E-state index in [1.54, 1.807) is 32.0 Å². The number of nitrogens with one attached hydrogen (secondary N) is 2. The molecule has 2 N–H and O–H groups in total. The van der Waals surface area contributed by atoms with Gasteiger partial charge in [-0.3, -0.25) is 9.59 Å². The molecule has 1 atom stereocenters. The maximum atomic E-state index is 13.1. The van der Waals surface area contributed by atoms with Gasteiger partial charge < -0.3 is 15.5 Å². The molecule has 0 spiro atoms. The van der Waals surface area contributed by atoms with Crippen LogP contribution in [0.1, 0.15) is 80.4 Å². The van der Waals surface area contributed by atoms with Crippen molar-refractivity contribution >= 4 is 17.5 Å². The van der Waals surface area contributed by atoms with Gasteiger partial charge in [-0.2, -0.15) is 0 Å². The number of carbonyl (C=O) groups is 2. The second-order valence-electron chi connectivity index (χ2n) is 8.69. The second-order valence-corrected chi connectivity index (χ2v) is 8.69. The zero-order valence-electron chi connectivity index (χ0n) is 20.8. The zero-order chi connectivity index (χ0) is 25.4. The van der Waals surface area contributed by atoms with E-state index in [0.717, 1.165) is 31.2 Å². The van der Waals surface area contributed by atoms with Crippen molar-refractivity contribution in [2.75, 3.05) is 0 Å². The third-order valence-electron chi connectivity index (χ3n) is 6.13. The number of rotatable bonds is 6. The molecule has 1 aliphatic carbocycles. The molecule has 2 aliphatic rings. The second kappa shape index (κ2) is 12.4. The highest BCUT2D eigenvalue weighted by Crippen LogP contribution is 2.33. The van der Waals surface area contributed by atoms with E-state index in [1.807, 2.05) is 13.8 Å². The van der Waals surface area contributed by atoms with Crippen molar-refractivity contribution < 1.29 is 18.8 Å². The number of hydrogen-bond acceptors (Lipinski definition) is 6. The lowest BCUT2D eigenvalue weighted by molar-refractivity contribution is -0.120. The standard InChI is InChI=1S/C24H28FN5O3.C2H6/c1-14-27-20(11-22(28-14)24(32)26-13-16-3-7-18(25)8-4-16)21-12-23(33-30-21)17-5-9-19(10-6-17)29-15(2)31;1-2/h3-4,7-8,11,17,19,23H,5-6,9-10,12-13H2,1-2H3,(H,26,32)(H,29,31);1-2H3. The van der Waals surface area contributed by atoms with Crippen molar-refractivity contribution in [3.05, 3.63) is 58.9 Å². The number of amides is 2. The van der Waals surface area contributed by atoms with Gasteiger partial charge in [-0.15, -0.1) is 0 Å². The predicted octanol–water partition coefficient (Wildman–Crippen LogP) is 4.07. The van der Waals surface area contributed by atoms with Crippen LogP contribution in [-0.2, 0) is 16.2 Å². The maximum Gasteiger partial charge on any atom is 0.270 e. The van der Waals surface area contributed by atoms with Crippen LogP contribution in [0.4, 0.5) is 4.39 Å². The number of benzene rings is 1. The van der Waals surface area contributed by atoms with Gasteiger partial charge >= 0.3 is 0 Å². The molecule has 1 unspecified atom stereocenters. The van der Waals surface area contributed by atoms with Gasteiger partial charge in [0.1, 0.15) is 29.2 Å². The number of oxime groups is 1. The molecule has 1 aliphatic heterocycles. The molecular weight excluding hydrogens is 449 g/mol. The Morgan fingerprint density at radius 3 is 2.43 bits per heavy atom. The lowest BCUT2D eigenvalue weighted by atomic mass is 9.81. The molecule has 2 amide bonds. The molecule has 8 nitrogen and oxygen atoms in total. The average molecular weight is 484 g/mol. The Hall–Kier alpha value is -3.36. The van der Waals surface area contributed by atoms with Crippen LogP contribution >= 0.6 is 0 Å². The summed E-state index contributed by atoms with van der Waals surface area (Å²) in [6.45, 7) is 7.55. The van der Waals surface area contributed by atoms with Gasteiger partial charge in [0.2, 0.25) is 5.91 Å². The first kappa shape index (κ1) is 26.2. The summed E-state index contributed by atoms with van der Waals surface area (Å²) in [4.78, 5) is 38.4. The van der Waals surface area contributed by atoms with Crippen LogP contribution in [0.25, 0.3) is 0 Å². The molecule has 9 heteroatoms. The molecule has 0 radical (unpaired) electrons. The third kappa shape index (κ3) is 7.31. The zero-order valence-corrected chi connectivity index (χ0v) is 20.8. The van der Waals surface area contributed by atoms with Crippen LogP contribution in [-0.4, -0.2) is 39.6 Å². The van der Waals surface area contributed by atoms with E-state index in [2.05, 4.69) is 25.8 Å². The number of halogens is 1. The van der Waals surface area contributed by atoms with Gasteiger partial charge in [-0.25, -0.2) is 14.4 Å². The van der Waals surface area contributed by atoms with Crippen molar-refractivity contribution in [2.45, 2.75) is 78.5 Å². The van der Waals surface area contributed by atoms with Gasteiger partial charge in [-0.05, 0) is 62.3 Å². The summed E-state index contributed by atoms with van der Waals surface area (Å²) in [5.41, 5.74) is 2.34. The van der Waals surface area contributed by atoms with Crippen molar-refractivity contribution in [1.29, 1.82) is 0 Å². The average Bonchev–Trinajstić information content (AvgIpc) is 3.35. The van der Waals surface area contributed by atoms with Crippen LogP contribution in [0.5, 0.6) is 0 Å². The molecule has 2 aromatic rings. The summed E-state index contributed by atoms with van der Waals surface area (Å²) in [6, 6.07) is 7.83. The SMILES string of the molecule is CC.CC(=O)NC1CCC(C2CC(c3cc(C(=O)NCc4ccc(F)cc4)nc(C)n3)=NO2)CC1. The molecule has 188 valence electrons. The van der Waals surface area contributed by atoms with E-state index in [0.29, 0.717) is 29.6 Å². The fourth-order valence-corrected chi connectivity index (χ4v) is 4.43. The lowest BCUT2D eigenvalue weighted by Crippen LogP contribution is -2.38. The van der Waals surface area contributed by atoms with Crippen molar-refractivity contribution in [1.82, 2.24) is 20.6 Å². The molecule has 1 aromatic carbocycles. The van der Waals surface area contributed by atoms with Crippen LogP contribution < -0.4 is 10.6 Å². The van der Waals surface area contributed by atoms with Crippen LogP contribution in [0.3, 0.4) is 0 Å². The first-order chi connectivity index (χ1) is 16.9. The predicted molar refractivity (Wildman–Crippen MR) is 131 cm³/mol. The van der Waals surface area contributed by atoms with E-state index in [-0.39, 0.29) is 42.0 Å². The fraction of sp³-hybridized carbons (Fsp3) is 0.500. The summed E-state index contributed by atoms with van der Waals surface area (Å²) in [7, 11) is 0. The first-order valence-electron chi connectivity index (χ1n) is 12.3.